The van der Waals surface area contributed by atoms with Crippen LogP contribution in [0.25, 0.3) is 11.2 Å². The molecule has 132 valence electrons. The molecule has 1 aromatic heterocycles. The summed E-state index contributed by atoms with van der Waals surface area (Å²) in [4.78, 5) is 24.6. The first kappa shape index (κ1) is 17.7. The SMILES string of the molecule is CC(C)(C)OC(=O)c1c(O)c(C(=O)OC(C)(C)C)c2ooc2c1O. The Morgan fingerprint density at radius 1 is 0.750 bits per heavy atom. The van der Waals surface area contributed by atoms with E-state index in [1.807, 2.05) is 0 Å². The molecule has 2 N–H and O–H groups in total. The van der Waals surface area contributed by atoms with Gasteiger partial charge in [0.05, 0.1) is 0 Å². The van der Waals surface area contributed by atoms with Crippen LogP contribution in [0.1, 0.15) is 62.3 Å². The lowest BCUT2D eigenvalue weighted by Gasteiger charge is -2.22. The Hall–Kier alpha value is -2.64. The van der Waals surface area contributed by atoms with Gasteiger partial charge in [-0.25, -0.2) is 9.59 Å². The average molecular weight is 340 g/mol. The molecule has 0 aliphatic rings. The van der Waals surface area contributed by atoms with Crippen LogP contribution in [-0.4, -0.2) is 33.4 Å². The lowest BCUT2D eigenvalue weighted by Crippen LogP contribution is -2.26. The monoisotopic (exact) mass is 340 g/mol. The molecule has 0 saturated carbocycles. The molecule has 8 nitrogen and oxygen atoms in total. The van der Waals surface area contributed by atoms with Gasteiger partial charge in [-0.15, -0.1) is 0 Å². The van der Waals surface area contributed by atoms with Gasteiger partial charge in [-0.3, -0.25) is 9.15 Å². The van der Waals surface area contributed by atoms with Gasteiger partial charge in [0.15, 0.2) is 17.1 Å². The Bertz CT molecular complexity index is 795. The van der Waals surface area contributed by atoms with E-state index in [2.05, 4.69) is 9.15 Å². The number of carbonyl (C=O) groups excluding carboxylic acids is 2. The van der Waals surface area contributed by atoms with E-state index in [1.54, 1.807) is 41.5 Å². The Labute approximate surface area is 137 Å². The van der Waals surface area contributed by atoms with Crippen LogP contribution < -0.4 is 0 Å². The number of aromatic hydroxyl groups is 2. The Balaban J connectivity index is 2.59. The minimum atomic E-state index is -1.01. The highest BCUT2D eigenvalue weighted by molar-refractivity contribution is 6.11. The van der Waals surface area contributed by atoms with Gasteiger partial charge in [0.1, 0.15) is 16.8 Å². The van der Waals surface area contributed by atoms with Crippen molar-refractivity contribution < 1.29 is 38.4 Å². The molecule has 0 bridgehead atoms. The molecule has 1 heterocycles. The standard InChI is InChI=1S/C16H20O8/c1-15(2,3)21-13(19)7-9(17)8(14(20)22-16(4,5)6)11-12(10(7)18)24-23-11/h17-18H,1-6H3. The maximum atomic E-state index is 12.3. The molecule has 2 rings (SSSR count). The summed E-state index contributed by atoms with van der Waals surface area (Å²) in [6.45, 7) is 9.78. The molecule has 0 aliphatic carbocycles. The third-order valence-electron chi connectivity index (χ3n) is 2.77. The molecular formula is C16H20O8. The maximum Gasteiger partial charge on any atom is 0.346 e. The van der Waals surface area contributed by atoms with Crippen molar-refractivity contribution in [2.24, 2.45) is 0 Å². The van der Waals surface area contributed by atoms with E-state index < -0.39 is 45.8 Å². The van der Waals surface area contributed by atoms with Crippen molar-refractivity contribution >= 4 is 23.1 Å². The van der Waals surface area contributed by atoms with Crippen LogP contribution in [0.2, 0.25) is 0 Å². The first-order valence-electron chi connectivity index (χ1n) is 7.25. The van der Waals surface area contributed by atoms with Crippen LogP contribution in [0.3, 0.4) is 0 Å². The fraction of sp³-hybridized carbons (Fsp3) is 0.500. The lowest BCUT2D eigenvalue weighted by atomic mass is 10.0. The Morgan fingerprint density at radius 3 is 1.54 bits per heavy atom. The van der Waals surface area contributed by atoms with Crippen molar-refractivity contribution in [1.29, 1.82) is 0 Å². The predicted octanol–water partition coefficient (Wildman–Crippen LogP) is 3.35. The highest BCUT2D eigenvalue weighted by atomic mass is 17.0. The van der Waals surface area contributed by atoms with E-state index in [-0.39, 0.29) is 11.2 Å². The van der Waals surface area contributed by atoms with Crippen LogP contribution in [0.15, 0.2) is 9.15 Å². The van der Waals surface area contributed by atoms with E-state index in [9.17, 15) is 19.8 Å². The average Bonchev–Trinajstić information content (AvgIpc) is 2.27. The van der Waals surface area contributed by atoms with Crippen molar-refractivity contribution in [2.45, 2.75) is 52.7 Å². The molecule has 0 fully saturated rings. The first-order chi connectivity index (χ1) is 10.8. The number of benzene rings is 1. The third kappa shape index (κ3) is 3.32. The molecule has 0 amide bonds. The number of hydrogen-bond acceptors (Lipinski definition) is 8. The van der Waals surface area contributed by atoms with Gasteiger partial charge in [-0.05, 0) is 41.5 Å². The van der Waals surface area contributed by atoms with Gasteiger partial charge < -0.3 is 19.7 Å². The number of phenols is 2. The molecule has 0 unspecified atom stereocenters. The van der Waals surface area contributed by atoms with E-state index >= 15 is 0 Å². The molecule has 0 spiro atoms. The molecule has 24 heavy (non-hydrogen) atoms. The summed E-state index contributed by atoms with van der Waals surface area (Å²) >= 11 is 0. The van der Waals surface area contributed by atoms with Crippen LogP contribution in [0.5, 0.6) is 11.5 Å². The predicted molar refractivity (Wildman–Crippen MR) is 82.1 cm³/mol. The number of carbonyl (C=O) groups is 2. The number of esters is 2. The van der Waals surface area contributed by atoms with E-state index in [4.69, 9.17) is 9.47 Å². The minimum absolute atomic E-state index is 0.202. The molecule has 8 heteroatoms. The number of rotatable bonds is 2. The molecular weight excluding hydrogens is 320 g/mol. The summed E-state index contributed by atoms with van der Waals surface area (Å²) in [5.74, 6) is -3.40. The van der Waals surface area contributed by atoms with Gasteiger partial charge in [0, 0.05) is 0 Å². The van der Waals surface area contributed by atoms with Crippen molar-refractivity contribution in [2.75, 3.05) is 0 Å². The zero-order chi connectivity index (χ0) is 18.4. The normalized spacial score (nSPS) is 12.4. The summed E-state index contributed by atoms with van der Waals surface area (Å²) in [7, 11) is 0. The second-order valence-electron chi connectivity index (χ2n) is 7.28. The van der Waals surface area contributed by atoms with Crippen LogP contribution >= 0.6 is 0 Å². The van der Waals surface area contributed by atoms with Crippen LogP contribution in [-0.2, 0) is 9.47 Å². The van der Waals surface area contributed by atoms with E-state index in [0.29, 0.717) is 0 Å². The van der Waals surface area contributed by atoms with Crippen molar-refractivity contribution in [3.63, 3.8) is 0 Å². The quantitative estimate of drug-likeness (QED) is 0.631. The minimum Gasteiger partial charge on any atom is -0.506 e. The smallest absolute Gasteiger partial charge is 0.346 e. The lowest BCUT2D eigenvalue weighted by molar-refractivity contribution is 0.00480. The number of phenolic OH excluding ortho intramolecular Hbond substituents is 2. The Morgan fingerprint density at radius 2 is 1.17 bits per heavy atom. The van der Waals surface area contributed by atoms with Gasteiger partial charge in [0.2, 0.25) is 5.58 Å². The summed E-state index contributed by atoms with van der Waals surface area (Å²) in [5, 5.41) is 20.4. The largest absolute Gasteiger partial charge is 0.506 e. The van der Waals surface area contributed by atoms with Gasteiger partial charge in [0.25, 0.3) is 5.58 Å². The zero-order valence-electron chi connectivity index (χ0n) is 14.3. The van der Waals surface area contributed by atoms with E-state index in [1.165, 1.54) is 0 Å². The summed E-state index contributed by atoms with van der Waals surface area (Å²) in [6.07, 6.45) is 0. The van der Waals surface area contributed by atoms with Crippen molar-refractivity contribution in [1.82, 2.24) is 0 Å². The number of ether oxygens (including phenoxy) is 2. The number of hydrogen-bond donors (Lipinski definition) is 2. The summed E-state index contributed by atoms with van der Waals surface area (Å²) < 4.78 is 19.6. The molecule has 2 aromatic rings. The van der Waals surface area contributed by atoms with Crippen LogP contribution in [0, 0.1) is 0 Å². The molecule has 0 saturated heterocycles. The molecule has 0 radical (unpaired) electrons. The fourth-order valence-corrected chi connectivity index (χ4v) is 1.93. The molecule has 1 aromatic carbocycles. The van der Waals surface area contributed by atoms with Gasteiger partial charge >= 0.3 is 11.9 Å². The second-order valence-corrected chi connectivity index (χ2v) is 7.28. The summed E-state index contributed by atoms with van der Waals surface area (Å²) in [6, 6.07) is 0. The highest BCUT2D eigenvalue weighted by Gasteiger charge is 2.36. The number of fused-ring (bicyclic) bond motifs is 1. The van der Waals surface area contributed by atoms with Gasteiger partial charge in [-0.1, -0.05) is 0 Å². The third-order valence-corrected chi connectivity index (χ3v) is 2.77. The fourth-order valence-electron chi connectivity index (χ4n) is 1.93. The molecule has 0 aliphatic heterocycles. The molecule has 0 atom stereocenters. The highest BCUT2D eigenvalue weighted by Crippen LogP contribution is 2.43. The maximum absolute atomic E-state index is 12.3. The first-order valence-corrected chi connectivity index (χ1v) is 7.25. The van der Waals surface area contributed by atoms with Crippen LogP contribution in [0.4, 0.5) is 0 Å². The second kappa shape index (κ2) is 5.47. The zero-order valence-corrected chi connectivity index (χ0v) is 14.3. The topological polar surface area (TPSA) is 119 Å². The van der Waals surface area contributed by atoms with Crippen molar-refractivity contribution in [3.05, 3.63) is 11.1 Å². The summed E-state index contributed by atoms with van der Waals surface area (Å²) in [5.41, 5.74) is -3.16. The Kier molecular flexibility index (Phi) is 4.03. The van der Waals surface area contributed by atoms with Crippen molar-refractivity contribution in [3.8, 4) is 11.5 Å². The van der Waals surface area contributed by atoms with E-state index in [0.717, 1.165) is 0 Å². The van der Waals surface area contributed by atoms with Gasteiger partial charge in [-0.2, -0.15) is 0 Å².